The standard InChI is InChI=1S/C16H17N3S/c17-16(9-8-15-7-4-10-20-15)13-11-18-19(12-13)14-5-2-1-3-6-14/h1-7,10-12,16H,8-9,17H2. The second-order valence-electron chi connectivity index (χ2n) is 4.78. The van der Waals surface area contributed by atoms with Crippen molar-refractivity contribution in [1.82, 2.24) is 9.78 Å². The lowest BCUT2D eigenvalue weighted by Crippen LogP contribution is -2.10. The smallest absolute Gasteiger partial charge is 0.0645 e. The third kappa shape index (κ3) is 2.98. The van der Waals surface area contributed by atoms with Crippen LogP contribution in [0.5, 0.6) is 0 Å². The molecule has 1 atom stereocenters. The number of hydrogen-bond acceptors (Lipinski definition) is 3. The van der Waals surface area contributed by atoms with Crippen LogP contribution in [-0.2, 0) is 6.42 Å². The van der Waals surface area contributed by atoms with Crippen LogP contribution in [0.25, 0.3) is 5.69 Å². The van der Waals surface area contributed by atoms with Crippen LogP contribution in [0.1, 0.15) is 22.9 Å². The zero-order valence-corrected chi connectivity index (χ0v) is 12.0. The Morgan fingerprint density at radius 3 is 2.75 bits per heavy atom. The van der Waals surface area contributed by atoms with Crippen LogP contribution >= 0.6 is 11.3 Å². The van der Waals surface area contributed by atoms with E-state index < -0.39 is 0 Å². The number of nitrogens with two attached hydrogens (primary N) is 1. The molecular weight excluding hydrogens is 266 g/mol. The fourth-order valence-electron chi connectivity index (χ4n) is 2.17. The molecule has 0 bridgehead atoms. The van der Waals surface area contributed by atoms with Crippen molar-refractivity contribution in [1.29, 1.82) is 0 Å². The van der Waals surface area contributed by atoms with Gasteiger partial charge in [0.1, 0.15) is 0 Å². The Kier molecular flexibility index (Phi) is 3.95. The molecule has 1 aromatic carbocycles. The molecule has 102 valence electrons. The van der Waals surface area contributed by atoms with E-state index in [1.165, 1.54) is 4.88 Å². The summed E-state index contributed by atoms with van der Waals surface area (Å²) in [6, 6.07) is 14.4. The molecule has 0 spiro atoms. The minimum atomic E-state index is 0.0366. The third-order valence-electron chi connectivity index (χ3n) is 3.33. The minimum Gasteiger partial charge on any atom is -0.324 e. The van der Waals surface area contributed by atoms with Crippen LogP contribution in [0.3, 0.4) is 0 Å². The van der Waals surface area contributed by atoms with E-state index in [1.54, 1.807) is 11.3 Å². The summed E-state index contributed by atoms with van der Waals surface area (Å²) in [5.41, 5.74) is 8.40. The van der Waals surface area contributed by atoms with Gasteiger partial charge in [0.2, 0.25) is 0 Å². The van der Waals surface area contributed by atoms with E-state index >= 15 is 0 Å². The van der Waals surface area contributed by atoms with Gasteiger partial charge in [-0.2, -0.15) is 5.10 Å². The molecule has 0 aliphatic carbocycles. The first-order chi connectivity index (χ1) is 9.83. The average molecular weight is 283 g/mol. The highest BCUT2D eigenvalue weighted by Gasteiger charge is 2.10. The van der Waals surface area contributed by atoms with Crippen LogP contribution in [-0.4, -0.2) is 9.78 Å². The number of rotatable bonds is 5. The molecule has 0 fully saturated rings. The van der Waals surface area contributed by atoms with Crippen LogP contribution in [0, 0.1) is 0 Å². The van der Waals surface area contributed by atoms with Crippen molar-refractivity contribution in [3.8, 4) is 5.69 Å². The van der Waals surface area contributed by atoms with Gasteiger partial charge in [-0.25, -0.2) is 4.68 Å². The Bertz CT molecular complexity index is 643. The zero-order valence-electron chi connectivity index (χ0n) is 11.1. The summed E-state index contributed by atoms with van der Waals surface area (Å²) in [7, 11) is 0. The molecule has 0 amide bonds. The molecule has 2 heterocycles. The first-order valence-corrected chi connectivity index (χ1v) is 7.59. The van der Waals surface area contributed by atoms with Crippen molar-refractivity contribution in [2.45, 2.75) is 18.9 Å². The molecule has 0 saturated carbocycles. The van der Waals surface area contributed by atoms with Crippen LogP contribution in [0.15, 0.2) is 60.2 Å². The van der Waals surface area contributed by atoms with E-state index in [-0.39, 0.29) is 6.04 Å². The highest BCUT2D eigenvalue weighted by molar-refractivity contribution is 7.09. The normalized spacial score (nSPS) is 12.4. The second-order valence-corrected chi connectivity index (χ2v) is 5.81. The summed E-state index contributed by atoms with van der Waals surface area (Å²) in [4.78, 5) is 1.39. The summed E-state index contributed by atoms with van der Waals surface area (Å²) < 4.78 is 1.88. The lowest BCUT2D eigenvalue weighted by Gasteiger charge is -2.08. The summed E-state index contributed by atoms with van der Waals surface area (Å²) in [6.45, 7) is 0. The number of aromatic nitrogens is 2. The fourth-order valence-corrected chi connectivity index (χ4v) is 2.89. The predicted octanol–water partition coefficient (Wildman–Crippen LogP) is 3.57. The highest BCUT2D eigenvalue weighted by atomic mass is 32.1. The fraction of sp³-hybridized carbons (Fsp3) is 0.188. The van der Waals surface area contributed by atoms with Gasteiger partial charge >= 0.3 is 0 Å². The van der Waals surface area contributed by atoms with Gasteiger partial charge in [0.25, 0.3) is 0 Å². The first kappa shape index (κ1) is 13.1. The number of aryl methyl sites for hydroxylation is 1. The summed E-state index contributed by atoms with van der Waals surface area (Å²) in [5.74, 6) is 0. The van der Waals surface area contributed by atoms with E-state index in [4.69, 9.17) is 5.73 Å². The number of benzene rings is 1. The molecule has 4 heteroatoms. The van der Waals surface area contributed by atoms with Crippen LogP contribution < -0.4 is 5.73 Å². The Labute approximate surface area is 122 Å². The van der Waals surface area contributed by atoms with Gasteiger partial charge in [0.05, 0.1) is 11.9 Å². The summed E-state index contributed by atoms with van der Waals surface area (Å²) in [6.07, 6.45) is 5.86. The maximum absolute atomic E-state index is 6.25. The number of hydrogen-bond donors (Lipinski definition) is 1. The summed E-state index contributed by atoms with van der Waals surface area (Å²) in [5, 5.41) is 6.50. The largest absolute Gasteiger partial charge is 0.324 e. The Balaban J connectivity index is 1.67. The van der Waals surface area contributed by atoms with Crippen molar-refractivity contribution in [2.24, 2.45) is 5.73 Å². The van der Waals surface area contributed by atoms with Gasteiger partial charge in [-0.15, -0.1) is 11.3 Å². The van der Waals surface area contributed by atoms with Crippen molar-refractivity contribution in [2.75, 3.05) is 0 Å². The van der Waals surface area contributed by atoms with E-state index in [2.05, 4.69) is 22.6 Å². The van der Waals surface area contributed by atoms with Gasteiger partial charge < -0.3 is 5.73 Å². The van der Waals surface area contributed by atoms with Crippen molar-refractivity contribution < 1.29 is 0 Å². The molecule has 2 aromatic heterocycles. The number of nitrogens with zero attached hydrogens (tertiary/aromatic N) is 2. The molecule has 20 heavy (non-hydrogen) atoms. The Morgan fingerprint density at radius 1 is 1.15 bits per heavy atom. The molecule has 3 nitrogen and oxygen atoms in total. The maximum atomic E-state index is 6.25. The SMILES string of the molecule is NC(CCc1cccs1)c1cnn(-c2ccccc2)c1. The van der Waals surface area contributed by atoms with E-state index in [1.807, 2.05) is 47.4 Å². The van der Waals surface area contributed by atoms with Crippen molar-refractivity contribution in [3.63, 3.8) is 0 Å². The molecule has 0 radical (unpaired) electrons. The van der Waals surface area contributed by atoms with E-state index in [0.29, 0.717) is 0 Å². The molecule has 1 unspecified atom stereocenters. The predicted molar refractivity (Wildman–Crippen MR) is 83.1 cm³/mol. The summed E-state index contributed by atoms with van der Waals surface area (Å²) >= 11 is 1.79. The lowest BCUT2D eigenvalue weighted by molar-refractivity contribution is 0.655. The monoisotopic (exact) mass is 283 g/mol. The average Bonchev–Trinajstić information content (AvgIpc) is 3.17. The Morgan fingerprint density at radius 2 is 2.00 bits per heavy atom. The third-order valence-corrected chi connectivity index (χ3v) is 4.27. The first-order valence-electron chi connectivity index (χ1n) is 6.71. The topological polar surface area (TPSA) is 43.8 Å². The van der Waals surface area contributed by atoms with Crippen LogP contribution in [0.4, 0.5) is 0 Å². The van der Waals surface area contributed by atoms with Gasteiger partial charge in [-0.05, 0) is 36.4 Å². The van der Waals surface area contributed by atoms with E-state index in [9.17, 15) is 0 Å². The zero-order chi connectivity index (χ0) is 13.8. The minimum absolute atomic E-state index is 0.0366. The lowest BCUT2D eigenvalue weighted by atomic mass is 10.1. The molecule has 0 aliphatic heterocycles. The van der Waals surface area contributed by atoms with Gasteiger partial charge in [0.15, 0.2) is 0 Å². The molecule has 3 rings (SSSR count). The maximum Gasteiger partial charge on any atom is 0.0645 e. The van der Waals surface area contributed by atoms with Gasteiger partial charge in [0, 0.05) is 22.7 Å². The molecular formula is C16H17N3S. The van der Waals surface area contributed by atoms with Crippen molar-refractivity contribution >= 4 is 11.3 Å². The van der Waals surface area contributed by atoms with Crippen LogP contribution in [0.2, 0.25) is 0 Å². The highest BCUT2D eigenvalue weighted by Crippen LogP contribution is 2.19. The number of para-hydroxylation sites is 1. The molecule has 3 aromatic rings. The quantitative estimate of drug-likeness (QED) is 0.778. The van der Waals surface area contributed by atoms with Gasteiger partial charge in [-0.3, -0.25) is 0 Å². The molecule has 0 aliphatic rings. The van der Waals surface area contributed by atoms with Crippen molar-refractivity contribution in [3.05, 3.63) is 70.7 Å². The number of thiophene rings is 1. The van der Waals surface area contributed by atoms with E-state index in [0.717, 1.165) is 24.1 Å². The second kappa shape index (κ2) is 6.03. The van der Waals surface area contributed by atoms with Gasteiger partial charge in [-0.1, -0.05) is 24.3 Å². The molecule has 2 N–H and O–H groups in total. The Hall–Kier alpha value is -1.91. The molecule has 0 saturated heterocycles.